The van der Waals surface area contributed by atoms with Crippen LogP contribution in [0.5, 0.6) is 0 Å². The van der Waals surface area contributed by atoms with Gasteiger partial charge in [0.2, 0.25) is 5.82 Å². The topological polar surface area (TPSA) is 55.1 Å². The lowest BCUT2D eigenvalue weighted by Crippen LogP contribution is -2.09. The molecule has 1 aromatic carbocycles. The summed E-state index contributed by atoms with van der Waals surface area (Å²) in [6, 6.07) is 9.79. The van der Waals surface area contributed by atoms with Crippen molar-refractivity contribution in [1.29, 1.82) is 0 Å². The fourth-order valence-electron chi connectivity index (χ4n) is 2.64. The third-order valence-electron chi connectivity index (χ3n) is 3.90. The maximum atomic E-state index is 12.9. The molecule has 1 fully saturated rings. The molecule has 0 spiro atoms. The lowest BCUT2D eigenvalue weighted by atomic mass is 10.1. The molecule has 0 unspecified atom stereocenters. The van der Waals surface area contributed by atoms with Gasteiger partial charge in [-0.2, -0.15) is 4.52 Å². The second kappa shape index (κ2) is 5.22. The van der Waals surface area contributed by atoms with Crippen LogP contribution in [0.2, 0.25) is 0 Å². The molecule has 1 aliphatic rings. The minimum Gasteiger partial charge on any atom is -0.365 e. The smallest absolute Gasteiger partial charge is 0.299 e. The SMILES string of the molecule is Fc1ccc([C@@H]2C[C@H]2Nc2ccc3nnc(C(F)F)n3n2)cc1. The summed E-state index contributed by atoms with van der Waals surface area (Å²) in [5, 5.41) is 14.4. The van der Waals surface area contributed by atoms with Gasteiger partial charge in [-0.05, 0) is 36.2 Å². The average Bonchev–Trinajstić information content (AvgIpc) is 3.15. The van der Waals surface area contributed by atoms with Gasteiger partial charge in [0, 0.05) is 12.0 Å². The molecule has 5 nitrogen and oxygen atoms in total. The molecule has 4 rings (SSSR count). The van der Waals surface area contributed by atoms with Crippen LogP contribution in [0.15, 0.2) is 36.4 Å². The summed E-state index contributed by atoms with van der Waals surface area (Å²) in [7, 11) is 0. The third kappa shape index (κ3) is 2.60. The molecule has 8 heteroatoms. The van der Waals surface area contributed by atoms with Crippen LogP contribution >= 0.6 is 0 Å². The molecule has 3 aromatic rings. The Bertz CT molecular complexity index is 846. The van der Waals surface area contributed by atoms with Crippen LogP contribution in [0, 0.1) is 5.82 Å². The van der Waals surface area contributed by atoms with Crippen molar-refractivity contribution in [3.8, 4) is 0 Å². The lowest BCUT2D eigenvalue weighted by molar-refractivity contribution is 0.137. The molecule has 2 aromatic heterocycles. The second-order valence-corrected chi connectivity index (χ2v) is 5.49. The molecule has 23 heavy (non-hydrogen) atoms. The fraction of sp³-hybridized carbons (Fsp3) is 0.267. The minimum atomic E-state index is -2.74. The van der Waals surface area contributed by atoms with Crippen molar-refractivity contribution in [3.63, 3.8) is 0 Å². The zero-order valence-corrected chi connectivity index (χ0v) is 11.8. The van der Waals surface area contributed by atoms with E-state index in [9.17, 15) is 13.2 Å². The molecular weight excluding hydrogens is 307 g/mol. The number of nitrogens with one attached hydrogen (secondary N) is 1. The van der Waals surface area contributed by atoms with E-state index in [1.54, 1.807) is 24.3 Å². The molecular formula is C15H12F3N5. The van der Waals surface area contributed by atoms with Crippen LogP contribution in [0.1, 0.15) is 30.2 Å². The first kappa shape index (κ1) is 14.0. The summed E-state index contributed by atoms with van der Waals surface area (Å²) in [4.78, 5) is 0. The van der Waals surface area contributed by atoms with Gasteiger partial charge in [0.1, 0.15) is 11.6 Å². The summed E-state index contributed by atoms with van der Waals surface area (Å²) in [6.45, 7) is 0. The minimum absolute atomic E-state index is 0.150. The van der Waals surface area contributed by atoms with Gasteiger partial charge in [-0.15, -0.1) is 15.3 Å². The molecule has 1 aliphatic carbocycles. The molecule has 0 amide bonds. The van der Waals surface area contributed by atoms with Crippen molar-refractivity contribution in [2.45, 2.75) is 24.8 Å². The highest BCUT2D eigenvalue weighted by atomic mass is 19.3. The van der Waals surface area contributed by atoms with Crippen molar-refractivity contribution < 1.29 is 13.2 Å². The van der Waals surface area contributed by atoms with Crippen molar-refractivity contribution in [2.75, 3.05) is 5.32 Å². The van der Waals surface area contributed by atoms with Crippen LogP contribution in [-0.4, -0.2) is 25.9 Å². The number of rotatable bonds is 4. The number of anilines is 1. The highest BCUT2D eigenvalue weighted by Gasteiger charge is 2.38. The van der Waals surface area contributed by atoms with Gasteiger partial charge in [0.25, 0.3) is 6.43 Å². The lowest BCUT2D eigenvalue weighted by Gasteiger charge is -2.06. The zero-order chi connectivity index (χ0) is 16.0. The van der Waals surface area contributed by atoms with Gasteiger partial charge >= 0.3 is 0 Å². The molecule has 1 N–H and O–H groups in total. The predicted octanol–water partition coefficient (Wildman–Crippen LogP) is 3.17. The Balaban J connectivity index is 1.52. The summed E-state index contributed by atoms with van der Waals surface area (Å²) in [5.41, 5.74) is 1.32. The highest BCUT2D eigenvalue weighted by molar-refractivity contribution is 5.46. The second-order valence-electron chi connectivity index (χ2n) is 5.49. The zero-order valence-electron chi connectivity index (χ0n) is 11.8. The van der Waals surface area contributed by atoms with Gasteiger partial charge in [-0.1, -0.05) is 12.1 Å². The standard InChI is InChI=1S/C15H12F3N5/c16-9-3-1-8(2-4-9)10-7-11(10)19-12-5-6-13-20-21-15(14(17)18)23(13)22-12/h1-6,10-11,14H,7H2,(H,19,22)/t10-,11+/m0/s1. The number of alkyl halides is 2. The van der Waals surface area contributed by atoms with Gasteiger partial charge in [-0.3, -0.25) is 0 Å². The predicted molar refractivity (Wildman–Crippen MR) is 76.9 cm³/mol. The van der Waals surface area contributed by atoms with Gasteiger partial charge < -0.3 is 5.32 Å². The van der Waals surface area contributed by atoms with E-state index in [2.05, 4.69) is 20.6 Å². The van der Waals surface area contributed by atoms with E-state index in [0.717, 1.165) is 16.5 Å². The van der Waals surface area contributed by atoms with Crippen molar-refractivity contribution >= 4 is 11.5 Å². The van der Waals surface area contributed by atoms with Crippen molar-refractivity contribution in [2.24, 2.45) is 0 Å². The van der Waals surface area contributed by atoms with Gasteiger partial charge in [0.15, 0.2) is 5.65 Å². The first-order valence-electron chi connectivity index (χ1n) is 7.14. The number of aromatic nitrogens is 4. The Morgan fingerprint density at radius 3 is 2.61 bits per heavy atom. The van der Waals surface area contributed by atoms with Gasteiger partial charge in [-0.25, -0.2) is 13.2 Å². The van der Waals surface area contributed by atoms with Crippen molar-refractivity contribution in [1.82, 2.24) is 19.8 Å². The van der Waals surface area contributed by atoms with E-state index in [4.69, 9.17) is 0 Å². The van der Waals surface area contributed by atoms with E-state index in [-0.39, 0.29) is 23.4 Å². The molecule has 0 radical (unpaired) electrons. The molecule has 0 aliphatic heterocycles. The Kier molecular flexibility index (Phi) is 3.17. The van der Waals surface area contributed by atoms with Crippen LogP contribution in [0.25, 0.3) is 5.65 Å². The monoisotopic (exact) mass is 319 g/mol. The molecule has 2 heterocycles. The van der Waals surface area contributed by atoms with Crippen LogP contribution in [-0.2, 0) is 0 Å². The van der Waals surface area contributed by atoms with Gasteiger partial charge in [0.05, 0.1) is 0 Å². The van der Waals surface area contributed by atoms with Crippen molar-refractivity contribution in [3.05, 3.63) is 53.6 Å². The molecule has 0 bridgehead atoms. The first-order valence-corrected chi connectivity index (χ1v) is 7.14. The maximum absolute atomic E-state index is 12.9. The van der Waals surface area contributed by atoms with E-state index in [1.807, 2.05) is 0 Å². The quantitative estimate of drug-likeness (QED) is 0.802. The maximum Gasteiger partial charge on any atom is 0.299 e. The molecule has 1 saturated carbocycles. The first-order chi connectivity index (χ1) is 11.1. The number of fused-ring (bicyclic) bond motifs is 1. The Morgan fingerprint density at radius 2 is 1.87 bits per heavy atom. The molecule has 118 valence electrons. The molecule has 0 saturated heterocycles. The number of benzene rings is 1. The van der Waals surface area contributed by atoms with E-state index in [0.29, 0.717) is 5.82 Å². The number of hydrogen-bond acceptors (Lipinski definition) is 4. The fourth-order valence-corrected chi connectivity index (χ4v) is 2.64. The van der Waals surface area contributed by atoms with E-state index < -0.39 is 12.2 Å². The van der Waals surface area contributed by atoms with E-state index >= 15 is 0 Å². The average molecular weight is 319 g/mol. The normalized spacial score (nSPS) is 20.2. The number of nitrogens with zero attached hydrogens (tertiary/aromatic N) is 4. The highest BCUT2D eigenvalue weighted by Crippen LogP contribution is 2.42. The van der Waals surface area contributed by atoms with Crippen LogP contribution in [0.4, 0.5) is 19.0 Å². The molecule has 2 atom stereocenters. The van der Waals surface area contributed by atoms with Crippen LogP contribution < -0.4 is 5.32 Å². The van der Waals surface area contributed by atoms with Crippen LogP contribution in [0.3, 0.4) is 0 Å². The largest absolute Gasteiger partial charge is 0.365 e. The Hall–Kier alpha value is -2.64. The number of halogens is 3. The summed E-state index contributed by atoms with van der Waals surface area (Å²) < 4.78 is 39.7. The number of hydrogen-bond donors (Lipinski definition) is 1. The van der Waals surface area contributed by atoms with E-state index in [1.165, 1.54) is 12.1 Å². The third-order valence-corrected chi connectivity index (χ3v) is 3.90. The summed E-state index contributed by atoms with van der Waals surface area (Å²) in [6.07, 6.45) is -1.85. The Labute approximate surface area is 129 Å². The Morgan fingerprint density at radius 1 is 1.09 bits per heavy atom. The summed E-state index contributed by atoms with van der Waals surface area (Å²) in [5.74, 6) is 0.00471. The summed E-state index contributed by atoms with van der Waals surface area (Å²) >= 11 is 0.